The summed E-state index contributed by atoms with van der Waals surface area (Å²) < 4.78 is 27.6. The Labute approximate surface area is 120 Å². The Balaban J connectivity index is 2.06. The normalized spacial score (nSPS) is 17.9. The summed E-state index contributed by atoms with van der Waals surface area (Å²) in [4.78, 5) is 1.16. The van der Waals surface area contributed by atoms with E-state index in [1.54, 1.807) is 6.07 Å². The fourth-order valence-corrected chi connectivity index (χ4v) is 5.54. The molecule has 1 aromatic rings. The first-order chi connectivity index (χ1) is 8.44. The van der Waals surface area contributed by atoms with Crippen molar-refractivity contribution in [1.82, 2.24) is 4.72 Å². The molecule has 1 unspecified atom stereocenters. The fraction of sp³-hybridized carbons (Fsp3) is 0.636. The summed E-state index contributed by atoms with van der Waals surface area (Å²) >= 11 is 4.65. The molecule has 1 fully saturated rings. The summed E-state index contributed by atoms with van der Waals surface area (Å²) in [5.74, 6) is 1.10. The number of nitrogens with two attached hydrogens (primary N) is 1. The lowest BCUT2D eigenvalue weighted by molar-refractivity contribution is 0.492. The zero-order valence-electron chi connectivity index (χ0n) is 10.1. The molecule has 1 aliphatic rings. The smallest absolute Gasteiger partial charge is 0.242 e. The van der Waals surface area contributed by atoms with Gasteiger partial charge in [0.25, 0.3) is 0 Å². The molecule has 18 heavy (non-hydrogen) atoms. The minimum Gasteiger partial charge on any atom is -0.326 e. The highest BCUT2D eigenvalue weighted by Gasteiger charge is 2.29. The molecule has 0 aromatic carbocycles. The van der Waals surface area contributed by atoms with Gasteiger partial charge in [-0.3, -0.25) is 0 Å². The van der Waals surface area contributed by atoms with Crippen LogP contribution in [0.15, 0.2) is 14.7 Å². The van der Waals surface area contributed by atoms with Crippen LogP contribution in [0.1, 0.15) is 24.6 Å². The molecule has 0 spiro atoms. The van der Waals surface area contributed by atoms with E-state index in [0.717, 1.165) is 4.88 Å². The van der Waals surface area contributed by atoms with Crippen molar-refractivity contribution < 1.29 is 8.42 Å². The highest BCUT2D eigenvalue weighted by Crippen LogP contribution is 2.36. The second-order valence-electron chi connectivity index (χ2n) is 4.72. The van der Waals surface area contributed by atoms with Crippen LogP contribution in [-0.2, 0) is 16.6 Å². The molecule has 0 aliphatic heterocycles. The Morgan fingerprint density at radius 2 is 2.28 bits per heavy atom. The summed E-state index contributed by atoms with van der Waals surface area (Å²) in [5.41, 5.74) is 5.52. The first-order valence-corrected chi connectivity index (χ1v) is 9.01. The van der Waals surface area contributed by atoms with Crippen molar-refractivity contribution in [3.63, 3.8) is 0 Å². The maximum atomic E-state index is 12.2. The molecule has 1 atom stereocenters. The number of nitrogens with one attached hydrogen (secondary N) is 1. The van der Waals surface area contributed by atoms with Gasteiger partial charge >= 0.3 is 0 Å². The van der Waals surface area contributed by atoms with Crippen LogP contribution in [0.2, 0.25) is 0 Å². The Bertz CT molecular complexity index is 523. The van der Waals surface area contributed by atoms with Gasteiger partial charge in [-0.25, -0.2) is 13.1 Å². The Morgan fingerprint density at radius 3 is 2.78 bits per heavy atom. The van der Waals surface area contributed by atoms with Crippen LogP contribution in [-0.4, -0.2) is 15.0 Å². The number of halogens is 1. The highest BCUT2D eigenvalue weighted by atomic mass is 79.9. The topological polar surface area (TPSA) is 72.2 Å². The molecule has 1 aromatic heterocycles. The molecule has 7 heteroatoms. The number of thiophene rings is 1. The minimum atomic E-state index is -3.42. The van der Waals surface area contributed by atoms with Gasteiger partial charge in [0.05, 0.1) is 3.79 Å². The fourth-order valence-electron chi connectivity index (χ4n) is 1.83. The Kier molecular flexibility index (Phi) is 4.48. The van der Waals surface area contributed by atoms with Crippen molar-refractivity contribution in [3.05, 3.63) is 14.7 Å². The maximum Gasteiger partial charge on any atom is 0.242 e. The lowest BCUT2D eigenvalue weighted by Crippen LogP contribution is -2.29. The van der Waals surface area contributed by atoms with Gasteiger partial charge in [-0.05, 0) is 46.7 Å². The minimum absolute atomic E-state index is 0.302. The summed E-state index contributed by atoms with van der Waals surface area (Å²) in [7, 11) is -3.42. The van der Waals surface area contributed by atoms with E-state index >= 15 is 0 Å². The molecule has 0 radical (unpaired) electrons. The van der Waals surface area contributed by atoms with E-state index in [4.69, 9.17) is 5.73 Å². The van der Waals surface area contributed by atoms with Crippen LogP contribution in [0.25, 0.3) is 0 Å². The molecular weight excluding hydrogens is 336 g/mol. The third-order valence-electron chi connectivity index (χ3n) is 3.22. The van der Waals surface area contributed by atoms with E-state index in [2.05, 4.69) is 27.6 Å². The molecule has 3 N–H and O–H groups in total. The van der Waals surface area contributed by atoms with E-state index in [1.165, 1.54) is 24.2 Å². The molecule has 4 nitrogen and oxygen atoms in total. The third-order valence-corrected chi connectivity index (χ3v) is 6.92. The second-order valence-corrected chi connectivity index (χ2v) is 8.91. The summed E-state index contributed by atoms with van der Waals surface area (Å²) in [6.07, 6.45) is 2.45. The molecule has 1 aliphatic carbocycles. The SMILES string of the molecule is CC(CNS(=O)(=O)c1cc(CN)sc1Br)C1CC1. The molecule has 102 valence electrons. The Morgan fingerprint density at radius 1 is 1.61 bits per heavy atom. The van der Waals surface area contributed by atoms with Gasteiger partial charge in [0, 0.05) is 18.0 Å². The number of sulfonamides is 1. The summed E-state index contributed by atoms with van der Waals surface area (Å²) in [5, 5.41) is 0. The number of rotatable bonds is 6. The van der Waals surface area contributed by atoms with Crippen molar-refractivity contribution in [1.29, 1.82) is 0 Å². The molecule has 0 bridgehead atoms. The van der Waals surface area contributed by atoms with Gasteiger partial charge < -0.3 is 5.73 Å². The quantitative estimate of drug-likeness (QED) is 0.824. The van der Waals surface area contributed by atoms with Gasteiger partial charge in [-0.2, -0.15) is 0 Å². The second kappa shape index (κ2) is 5.58. The van der Waals surface area contributed by atoms with Crippen molar-refractivity contribution in [2.75, 3.05) is 6.54 Å². The van der Waals surface area contributed by atoms with E-state index in [0.29, 0.717) is 33.6 Å². The van der Waals surface area contributed by atoms with Crippen LogP contribution < -0.4 is 10.5 Å². The van der Waals surface area contributed by atoms with Crippen LogP contribution in [0.3, 0.4) is 0 Å². The highest BCUT2D eigenvalue weighted by molar-refractivity contribution is 9.11. The third kappa shape index (κ3) is 3.33. The molecule has 0 saturated heterocycles. The molecule has 2 rings (SSSR count). The summed E-state index contributed by atoms with van der Waals surface area (Å²) in [6, 6.07) is 1.64. The predicted octanol–water partition coefficient (Wildman–Crippen LogP) is 2.29. The average Bonchev–Trinajstić information content (AvgIpc) is 3.09. The van der Waals surface area contributed by atoms with Crippen LogP contribution in [0, 0.1) is 11.8 Å². The molecule has 0 amide bonds. The maximum absolute atomic E-state index is 12.2. The number of hydrogen-bond acceptors (Lipinski definition) is 4. The lowest BCUT2D eigenvalue weighted by Gasteiger charge is -2.11. The Hall–Kier alpha value is 0.0500. The number of hydrogen-bond donors (Lipinski definition) is 2. The molecule has 1 heterocycles. The van der Waals surface area contributed by atoms with E-state index in [1.807, 2.05) is 0 Å². The standard InChI is InChI=1S/C11H17BrN2O2S2/c1-7(8-2-3-8)6-14-18(15,16)10-4-9(5-13)17-11(10)12/h4,7-8,14H,2-3,5-6,13H2,1H3. The largest absolute Gasteiger partial charge is 0.326 e. The van der Waals surface area contributed by atoms with Gasteiger partial charge in [0.1, 0.15) is 4.90 Å². The zero-order valence-corrected chi connectivity index (χ0v) is 13.4. The monoisotopic (exact) mass is 352 g/mol. The van der Waals surface area contributed by atoms with Crippen LogP contribution in [0.4, 0.5) is 0 Å². The van der Waals surface area contributed by atoms with Crippen molar-refractivity contribution in [2.24, 2.45) is 17.6 Å². The van der Waals surface area contributed by atoms with Gasteiger partial charge in [0.15, 0.2) is 0 Å². The van der Waals surface area contributed by atoms with Crippen molar-refractivity contribution in [2.45, 2.75) is 31.2 Å². The predicted molar refractivity (Wildman–Crippen MR) is 77.0 cm³/mol. The molecular formula is C11H17BrN2O2S2. The van der Waals surface area contributed by atoms with Crippen molar-refractivity contribution >= 4 is 37.3 Å². The van der Waals surface area contributed by atoms with E-state index in [9.17, 15) is 8.42 Å². The molecule has 1 saturated carbocycles. The van der Waals surface area contributed by atoms with Gasteiger partial charge in [-0.1, -0.05) is 6.92 Å². The van der Waals surface area contributed by atoms with Crippen LogP contribution >= 0.6 is 27.3 Å². The average molecular weight is 353 g/mol. The summed E-state index contributed by atoms with van der Waals surface area (Å²) in [6.45, 7) is 2.96. The van der Waals surface area contributed by atoms with Gasteiger partial charge in [0.2, 0.25) is 10.0 Å². The first-order valence-electron chi connectivity index (χ1n) is 5.92. The van der Waals surface area contributed by atoms with E-state index in [-0.39, 0.29) is 0 Å². The van der Waals surface area contributed by atoms with E-state index < -0.39 is 10.0 Å². The zero-order chi connectivity index (χ0) is 13.3. The van der Waals surface area contributed by atoms with Gasteiger partial charge in [-0.15, -0.1) is 11.3 Å². The lowest BCUT2D eigenvalue weighted by atomic mass is 10.1. The van der Waals surface area contributed by atoms with Crippen molar-refractivity contribution in [3.8, 4) is 0 Å². The first kappa shape index (κ1) is 14.5. The van der Waals surface area contributed by atoms with Crippen LogP contribution in [0.5, 0.6) is 0 Å².